The average Bonchev–Trinajstić information content (AvgIpc) is 2.23. The van der Waals surface area contributed by atoms with Gasteiger partial charge in [0.05, 0.1) is 6.61 Å². The van der Waals surface area contributed by atoms with Crippen LogP contribution in [0.1, 0.15) is 40.0 Å². The number of rotatable bonds is 9. The Bertz CT molecular complexity index is 126. The summed E-state index contributed by atoms with van der Waals surface area (Å²) in [4.78, 5) is 0. The number of hydrogen-bond acceptors (Lipinski definition) is 3. The smallest absolute Gasteiger partial charge is 0.0645 e. The van der Waals surface area contributed by atoms with E-state index < -0.39 is 0 Å². The predicted octanol–water partition coefficient (Wildman–Crippen LogP) is 2.66. The first-order chi connectivity index (χ1) is 6.68. The van der Waals surface area contributed by atoms with E-state index in [1.54, 1.807) is 0 Å². The first-order valence-electron chi connectivity index (χ1n) is 5.63. The molecule has 0 saturated carbocycles. The van der Waals surface area contributed by atoms with Crippen LogP contribution in [-0.4, -0.2) is 30.3 Å². The summed E-state index contributed by atoms with van der Waals surface area (Å²) in [7, 11) is 0. The lowest BCUT2D eigenvalue weighted by Gasteiger charge is -2.26. The van der Waals surface area contributed by atoms with Gasteiger partial charge in [-0.1, -0.05) is 20.8 Å². The van der Waals surface area contributed by atoms with Crippen LogP contribution in [0.25, 0.3) is 0 Å². The van der Waals surface area contributed by atoms with E-state index in [9.17, 15) is 0 Å². The van der Waals surface area contributed by atoms with Crippen LogP contribution in [0.4, 0.5) is 0 Å². The van der Waals surface area contributed by atoms with Crippen LogP contribution >= 0.6 is 11.8 Å². The van der Waals surface area contributed by atoms with E-state index in [-0.39, 0.29) is 5.54 Å². The molecule has 0 rings (SSSR count). The van der Waals surface area contributed by atoms with E-state index in [2.05, 4.69) is 20.8 Å². The third-order valence-electron chi connectivity index (χ3n) is 2.58. The van der Waals surface area contributed by atoms with Crippen molar-refractivity contribution < 1.29 is 4.74 Å². The molecule has 0 fully saturated rings. The van der Waals surface area contributed by atoms with Crippen LogP contribution in [0, 0.1) is 0 Å². The molecule has 0 radical (unpaired) electrons. The molecule has 0 unspecified atom stereocenters. The lowest BCUT2D eigenvalue weighted by molar-refractivity contribution is 0.0819. The number of nitrogens with two attached hydrogens (primary N) is 1. The van der Waals surface area contributed by atoms with E-state index in [0.29, 0.717) is 6.61 Å². The molecule has 0 aromatic rings. The molecule has 0 bridgehead atoms. The van der Waals surface area contributed by atoms with Gasteiger partial charge in [0.25, 0.3) is 0 Å². The maximum atomic E-state index is 6.11. The second-order valence-corrected chi connectivity index (χ2v) is 5.07. The van der Waals surface area contributed by atoms with Crippen molar-refractivity contribution in [3.05, 3.63) is 0 Å². The van der Waals surface area contributed by atoms with Gasteiger partial charge in [-0.05, 0) is 30.8 Å². The first-order valence-corrected chi connectivity index (χ1v) is 6.78. The van der Waals surface area contributed by atoms with Crippen LogP contribution in [-0.2, 0) is 4.74 Å². The largest absolute Gasteiger partial charge is 0.380 e. The minimum absolute atomic E-state index is 0.0993. The van der Waals surface area contributed by atoms with Crippen molar-refractivity contribution in [2.24, 2.45) is 5.73 Å². The standard InChI is InChI=1S/C11H25NOS/c1-4-11(12,5-2)10-13-8-7-9-14-6-3/h4-10,12H2,1-3H3. The molecular formula is C11H25NOS. The molecule has 0 aliphatic heterocycles. The Kier molecular flexibility index (Phi) is 8.73. The zero-order chi connectivity index (χ0) is 10.9. The zero-order valence-corrected chi connectivity index (χ0v) is 10.7. The molecule has 0 aromatic carbocycles. The molecule has 0 atom stereocenters. The molecule has 14 heavy (non-hydrogen) atoms. The van der Waals surface area contributed by atoms with Gasteiger partial charge >= 0.3 is 0 Å². The maximum absolute atomic E-state index is 6.11. The summed E-state index contributed by atoms with van der Waals surface area (Å²) >= 11 is 1.97. The zero-order valence-electron chi connectivity index (χ0n) is 9.84. The Morgan fingerprint density at radius 1 is 1.21 bits per heavy atom. The first kappa shape index (κ1) is 14.3. The lowest BCUT2D eigenvalue weighted by atomic mass is 9.96. The van der Waals surface area contributed by atoms with Gasteiger partial charge in [-0.25, -0.2) is 0 Å². The fourth-order valence-electron chi connectivity index (χ4n) is 1.14. The molecule has 2 nitrogen and oxygen atoms in total. The third kappa shape index (κ3) is 6.68. The summed E-state index contributed by atoms with van der Waals surface area (Å²) in [5.74, 6) is 2.40. The molecule has 0 amide bonds. The molecule has 0 aliphatic rings. The summed E-state index contributed by atoms with van der Waals surface area (Å²) in [6, 6.07) is 0. The second kappa shape index (κ2) is 8.57. The normalized spacial score (nSPS) is 12.0. The van der Waals surface area contributed by atoms with Crippen molar-refractivity contribution in [3.8, 4) is 0 Å². The van der Waals surface area contributed by atoms with Crippen molar-refractivity contribution in [2.45, 2.75) is 45.6 Å². The van der Waals surface area contributed by atoms with Gasteiger partial charge in [-0.15, -0.1) is 0 Å². The van der Waals surface area contributed by atoms with Gasteiger partial charge in [-0.2, -0.15) is 11.8 Å². The molecule has 0 aromatic heterocycles. The summed E-state index contributed by atoms with van der Waals surface area (Å²) in [5, 5.41) is 0. The van der Waals surface area contributed by atoms with Crippen LogP contribution in [0.2, 0.25) is 0 Å². The van der Waals surface area contributed by atoms with Gasteiger partial charge in [0, 0.05) is 12.1 Å². The van der Waals surface area contributed by atoms with E-state index >= 15 is 0 Å². The molecule has 2 N–H and O–H groups in total. The quantitative estimate of drug-likeness (QED) is 0.606. The van der Waals surface area contributed by atoms with Gasteiger partial charge in [-0.3, -0.25) is 0 Å². The minimum Gasteiger partial charge on any atom is -0.380 e. The predicted molar refractivity (Wildman–Crippen MR) is 65.9 cm³/mol. The van der Waals surface area contributed by atoms with E-state index in [1.165, 1.54) is 11.5 Å². The van der Waals surface area contributed by atoms with Crippen molar-refractivity contribution >= 4 is 11.8 Å². The van der Waals surface area contributed by atoms with Gasteiger partial charge < -0.3 is 10.5 Å². The third-order valence-corrected chi connectivity index (χ3v) is 3.56. The Morgan fingerprint density at radius 2 is 1.86 bits per heavy atom. The minimum atomic E-state index is -0.0993. The Balaban J connectivity index is 3.34. The highest BCUT2D eigenvalue weighted by Gasteiger charge is 2.19. The summed E-state index contributed by atoms with van der Waals surface area (Å²) < 4.78 is 5.59. The van der Waals surface area contributed by atoms with Crippen LogP contribution in [0.3, 0.4) is 0 Å². The fourth-order valence-corrected chi connectivity index (χ4v) is 1.75. The maximum Gasteiger partial charge on any atom is 0.0645 e. The van der Waals surface area contributed by atoms with Gasteiger partial charge in [0.1, 0.15) is 0 Å². The van der Waals surface area contributed by atoms with E-state index in [0.717, 1.165) is 25.9 Å². The monoisotopic (exact) mass is 219 g/mol. The fraction of sp³-hybridized carbons (Fsp3) is 1.00. The number of ether oxygens (including phenoxy) is 1. The molecule has 0 saturated heterocycles. The molecule has 86 valence electrons. The summed E-state index contributed by atoms with van der Waals surface area (Å²) in [6.07, 6.45) is 3.13. The highest BCUT2D eigenvalue weighted by atomic mass is 32.2. The van der Waals surface area contributed by atoms with Crippen molar-refractivity contribution in [3.63, 3.8) is 0 Å². The SMILES string of the molecule is CCSCCCOCC(N)(CC)CC. The molecular weight excluding hydrogens is 194 g/mol. The van der Waals surface area contributed by atoms with Crippen molar-refractivity contribution in [2.75, 3.05) is 24.7 Å². The van der Waals surface area contributed by atoms with E-state index in [1.807, 2.05) is 11.8 Å². The number of thioether (sulfide) groups is 1. The van der Waals surface area contributed by atoms with Gasteiger partial charge in [0.15, 0.2) is 0 Å². The van der Waals surface area contributed by atoms with Crippen molar-refractivity contribution in [1.29, 1.82) is 0 Å². The van der Waals surface area contributed by atoms with Crippen molar-refractivity contribution in [1.82, 2.24) is 0 Å². The Hall–Kier alpha value is 0.270. The molecule has 3 heteroatoms. The van der Waals surface area contributed by atoms with Crippen LogP contribution in [0.15, 0.2) is 0 Å². The molecule has 0 spiro atoms. The second-order valence-electron chi connectivity index (χ2n) is 3.67. The Morgan fingerprint density at radius 3 is 2.36 bits per heavy atom. The highest BCUT2D eigenvalue weighted by molar-refractivity contribution is 7.99. The summed E-state index contributed by atoms with van der Waals surface area (Å²) in [6.45, 7) is 7.99. The topological polar surface area (TPSA) is 35.2 Å². The van der Waals surface area contributed by atoms with Crippen LogP contribution < -0.4 is 5.73 Å². The Labute approximate surface area is 93.0 Å². The summed E-state index contributed by atoms with van der Waals surface area (Å²) in [5.41, 5.74) is 6.01. The van der Waals surface area contributed by atoms with Gasteiger partial charge in [0.2, 0.25) is 0 Å². The average molecular weight is 219 g/mol. The van der Waals surface area contributed by atoms with E-state index in [4.69, 9.17) is 10.5 Å². The highest BCUT2D eigenvalue weighted by Crippen LogP contribution is 2.11. The molecule has 0 aliphatic carbocycles. The number of hydrogen-bond donors (Lipinski definition) is 1. The molecule has 0 heterocycles. The van der Waals surface area contributed by atoms with Crippen LogP contribution in [0.5, 0.6) is 0 Å². The lowest BCUT2D eigenvalue weighted by Crippen LogP contribution is -2.43.